The first-order chi connectivity index (χ1) is 14.0. The van der Waals surface area contributed by atoms with Crippen LogP contribution in [-0.2, 0) is 6.61 Å². The molecule has 1 aromatic carbocycles. The van der Waals surface area contributed by atoms with Gasteiger partial charge >= 0.3 is 12.0 Å². The van der Waals surface area contributed by atoms with Crippen molar-refractivity contribution < 1.29 is 23.8 Å². The van der Waals surface area contributed by atoms with Crippen molar-refractivity contribution in [2.45, 2.75) is 26.4 Å². The predicted octanol–water partition coefficient (Wildman–Crippen LogP) is 3.09. The molecule has 1 aromatic heterocycles. The normalized spacial score (nSPS) is 14.0. The van der Waals surface area contributed by atoms with Crippen LogP contribution in [0, 0.1) is 12.7 Å². The van der Waals surface area contributed by atoms with Gasteiger partial charge in [-0.1, -0.05) is 18.2 Å². The van der Waals surface area contributed by atoms with Gasteiger partial charge in [-0.05, 0) is 50.0 Å². The van der Waals surface area contributed by atoms with Gasteiger partial charge in [0.25, 0.3) is 0 Å². The van der Waals surface area contributed by atoms with E-state index in [9.17, 15) is 19.1 Å². The van der Waals surface area contributed by atoms with Crippen LogP contribution in [0.15, 0.2) is 18.2 Å². The highest BCUT2D eigenvalue weighted by atomic mass is 32.1. The average Bonchev–Trinajstić information content (AvgIpc) is 3.33. The Morgan fingerprint density at radius 2 is 2.10 bits per heavy atom. The fraction of sp³-hybridized carbons (Fsp3) is 0.421. The standard InChI is InChI=1S/C19H23FN4O4S/c1-12-5-4-6-13(15(12)20)11-28-16-14(18(25)26)17(29-23-16)22-19(27)21-7-10-24-8-2-3-9-24/h4-6H,2-3,7-11H2,1H3,(H,25,26)(H2,21,22,27). The third-order valence-electron chi connectivity index (χ3n) is 4.65. The van der Waals surface area contributed by atoms with E-state index >= 15 is 0 Å². The second-order valence-corrected chi connectivity index (χ2v) is 7.54. The van der Waals surface area contributed by atoms with Crippen molar-refractivity contribution in [2.24, 2.45) is 0 Å². The van der Waals surface area contributed by atoms with Gasteiger partial charge in [0.05, 0.1) is 0 Å². The fourth-order valence-corrected chi connectivity index (χ4v) is 3.82. The Balaban J connectivity index is 1.59. The Kier molecular flexibility index (Phi) is 6.99. The maximum absolute atomic E-state index is 14.1. The van der Waals surface area contributed by atoms with E-state index in [1.165, 1.54) is 12.8 Å². The summed E-state index contributed by atoms with van der Waals surface area (Å²) in [5.41, 5.74) is 0.511. The number of nitrogens with zero attached hydrogens (tertiary/aromatic N) is 2. The van der Waals surface area contributed by atoms with E-state index in [1.807, 2.05) is 0 Å². The number of benzene rings is 1. The molecule has 0 spiro atoms. The SMILES string of the molecule is Cc1cccc(COc2nsc(NC(=O)NCCN3CCCC3)c2C(=O)O)c1F. The highest BCUT2D eigenvalue weighted by molar-refractivity contribution is 7.11. The number of carbonyl (C=O) groups excluding carboxylic acids is 1. The molecule has 1 aliphatic heterocycles. The minimum absolute atomic E-state index is 0.0656. The van der Waals surface area contributed by atoms with Gasteiger partial charge in [0.2, 0.25) is 5.88 Å². The van der Waals surface area contributed by atoms with Crippen LogP contribution in [0.2, 0.25) is 0 Å². The van der Waals surface area contributed by atoms with Crippen LogP contribution in [0.25, 0.3) is 0 Å². The van der Waals surface area contributed by atoms with Crippen molar-refractivity contribution in [3.05, 3.63) is 40.7 Å². The molecule has 1 saturated heterocycles. The van der Waals surface area contributed by atoms with E-state index in [4.69, 9.17) is 4.74 Å². The number of urea groups is 1. The number of rotatable bonds is 8. The van der Waals surface area contributed by atoms with Crippen molar-refractivity contribution in [3.63, 3.8) is 0 Å². The molecule has 0 atom stereocenters. The quantitative estimate of drug-likeness (QED) is 0.604. The summed E-state index contributed by atoms with van der Waals surface area (Å²) in [6.45, 7) is 4.74. The van der Waals surface area contributed by atoms with Crippen LogP contribution in [0.1, 0.15) is 34.3 Å². The number of likely N-dealkylation sites (tertiary alicyclic amines) is 1. The van der Waals surface area contributed by atoms with Gasteiger partial charge in [0.1, 0.15) is 17.4 Å². The van der Waals surface area contributed by atoms with E-state index in [2.05, 4.69) is 19.9 Å². The number of halogens is 1. The molecule has 8 nitrogen and oxygen atoms in total. The first kappa shape index (κ1) is 21.0. The Hall–Kier alpha value is -2.72. The minimum atomic E-state index is -1.29. The van der Waals surface area contributed by atoms with Gasteiger partial charge in [-0.25, -0.2) is 14.0 Å². The number of aryl methyl sites for hydroxylation is 1. The van der Waals surface area contributed by atoms with Crippen molar-refractivity contribution in [1.82, 2.24) is 14.6 Å². The van der Waals surface area contributed by atoms with E-state index in [1.54, 1.807) is 25.1 Å². The maximum atomic E-state index is 14.1. The summed E-state index contributed by atoms with van der Waals surface area (Å²) in [5.74, 6) is -1.85. The number of amides is 2. The van der Waals surface area contributed by atoms with Gasteiger partial charge in [-0.15, -0.1) is 0 Å². The highest BCUT2D eigenvalue weighted by Crippen LogP contribution is 2.31. The number of aromatic nitrogens is 1. The lowest BCUT2D eigenvalue weighted by molar-refractivity contribution is 0.0693. The van der Waals surface area contributed by atoms with Gasteiger partial charge in [-0.3, -0.25) is 5.32 Å². The molecule has 0 unspecified atom stereocenters. The number of ether oxygens (including phenoxy) is 1. The summed E-state index contributed by atoms with van der Waals surface area (Å²) < 4.78 is 23.5. The molecule has 3 rings (SSSR count). The van der Waals surface area contributed by atoms with E-state index in [0.717, 1.165) is 31.2 Å². The smallest absolute Gasteiger partial charge is 0.344 e. The minimum Gasteiger partial charge on any atom is -0.477 e. The van der Waals surface area contributed by atoms with Gasteiger partial charge in [-0.2, -0.15) is 4.37 Å². The molecule has 0 saturated carbocycles. The number of carboxylic acid groups (broad SMARTS) is 1. The molecule has 1 aliphatic rings. The third kappa shape index (κ3) is 5.42. The summed E-state index contributed by atoms with van der Waals surface area (Å²) in [5, 5.41) is 14.8. The monoisotopic (exact) mass is 422 g/mol. The molecule has 0 aliphatic carbocycles. The number of carbonyl (C=O) groups is 2. The number of aromatic carboxylic acids is 1. The fourth-order valence-electron chi connectivity index (χ4n) is 3.09. The van der Waals surface area contributed by atoms with Crippen LogP contribution in [0.5, 0.6) is 5.88 Å². The van der Waals surface area contributed by atoms with Crippen LogP contribution in [-0.4, -0.2) is 52.6 Å². The van der Waals surface area contributed by atoms with E-state index < -0.39 is 17.8 Å². The maximum Gasteiger partial charge on any atom is 0.344 e. The number of hydrogen-bond acceptors (Lipinski definition) is 6. The van der Waals surface area contributed by atoms with E-state index in [-0.39, 0.29) is 23.1 Å². The number of anilines is 1. The van der Waals surface area contributed by atoms with Gasteiger partial charge in [0, 0.05) is 18.7 Å². The number of carboxylic acids is 1. The van der Waals surface area contributed by atoms with Gasteiger partial charge < -0.3 is 20.1 Å². The molecule has 0 radical (unpaired) electrons. The lowest BCUT2D eigenvalue weighted by Crippen LogP contribution is -2.36. The Morgan fingerprint density at radius 1 is 1.34 bits per heavy atom. The summed E-state index contributed by atoms with van der Waals surface area (Å²) in [6.07, 6.45) is 2.34. The zero-order chi connectivity index (χ0) is 20.8. The molecule has 3 N–H and O–H groups in total. The number of hydrogen-bond donors (Lipinski definition) is 3. The topological polar surface area (TPSA) is 104 Å². The molecular weight excluding hydrogens is 399 g/mol. The van der Waals surface area contributed by atoms with Crippen LogP contribution >= 0.6 is 11.5 Å². The van der Waals surface area contributed by atoms with E-state index in [0.29, 0.717) is 17.7 Å². The Labute approximate surface area is 171 Å². The molecule has 10 heteroatoms. The molecule has 2 aromatic rings. The van der Waals surface area contributed by atoms with Crippen LogP contribution in [0.3, 0.4) is 0 Å². The Bertz CT molecular complexity index is 883. The lowest BCUT2D eigenvalue weighted by Gasteiger charge is -2.14. The van der Waals surface area contributed by atoms with Crippen molar-refractivity contribution >= 4 is 28.5 Å². The summed E-state index contributed by atoms with van der Waals surface area (Å²) in [6, 6.07) is 4.37. The second kappa shape index (κ2) is 9.66. The zero-order valence-corrected chi connectivity index (χ0v) is 16.9. The highest BCUT2D eigenvalue weighted by Gasteiger charge is 2.24. The molecule has 0 bridgehead atoms. The summed E-state index contributed by atoms with van der Waals surface area (Å²) in [7, 11) is 0. The average molecular weight is 422 g/mol. The first-order valence-corrected chi connectivity index (χ1v) is 10.1. The molecule has 2 heterocycles. The van der Waals surface area contributed by atoms with Crippen molar-refractivity contribution in [2.75, 3.05) is 31.5 Å². The molecule has 156 valence electrons. The molecule has 29 heavy (non-hydrogen) atoms. The first-order valence-electron chi connectivity index (χ1n) is 9.32. The molecular formula is C19H23FN4O4S. The number of nitrogens with one attached hydrogen (secondary N) is 2. The van der Waals surface area contributed by atoms with Crippen molar-refractivity contribution in [3.8, 4) is 5.88 Å². The third-order valence-corrected chi connectivity index (χ3v) is 5.40. The van der Waals surface area contributed by atoms with Crippen molar-refractivity contribution in [1.29, 1.82) is 0 Å². The molecule has 1 fully saturated rings. The largest absolute Gasteiger partial charge is 0.477 e. The lowest BCUT2D eigenvalue weighted by atomic mass is 10.1. The van der Waals surface area contributed by atoms with Crippen LogP contribution < -0.4 is 15.4 Å². The summed E-state index contributed by atoms with van der Waals surface area (Å²) in [4.78, 5) is 26.0. The zero-order valence-electron chi connectivity index (χ0n) is 16.0. The molecule has 2 amide bonds. The Morgan fingerprint density at radius 3 is 2.83 bits per heavy atom. The second-order valence-electron chi connectivity index (χ2n) is 6.76. The summed E-state index contributed by atoms with van der Waals surface area (Å²) >= 11 is 0.802. The predicted molar refractivity (Wildman–Crippen MR) is 107 cm³/mol. The van der Waals surface area contributed by atoms with Crippen LogP contribution in [0.4, 0.5) is 14.2 Å². The van der Waals surface area contributed by atoms with Gasteiger partial charge in [0.15, 0.2) is 5.56 Å².